The minimum absolute atomic E-state index is 0. The summed E-state index contributed by atoms with van der Waals surface area (Å²) in [6.07, 6.45) is 1.26. The molecule has 2 fully saturated rings. The Morgan fingerprint density at radius 2 is 2.12 bits per heavy atom. The largest absolute Gasteiger partial charge is 1.00 e. The van der Waals surface area contributed by atoms with Crippen LogP contribution < -0.4 is 29.6 Å². The first kappa shape index (κ1) is 15.5. The Balaban J connectivity index is 0.00000144. The first-order valence-electron chi connectivity index (χ1n) is 4.73. The maximum Gasteiger partial charge on any atom is 1.00 e. The van der Waals surface area contributed by atoms with Crippen LogP contribution in [0.2, 0.25) is 0 Å². The molecule has 7 nitrogen and oxygen atoms in total. The van der Waals surface area contributed by atoms with E-state index in [9.17, 15) is 17.8 Å². The summed E-state index contributed by atoms with van der Waals surface area (Å²) >= 11 is 5.69. The van der Waals surface area contributed by atoms with E-state index < -0.39 is 16.4 Å². The molecule has 0 spiro atoms. The Morgan fingerprint density at radius 1 is 1.47 bits per heavy atom. The summed E-state index contributed by atoms with van der Waals surface area (Å²) < 4.78 is 35.5. The van der Waals surface area contributed by atoms with Gasteiger partial charge in [0.15, 0.2) is 0 Å². The molecule has 0 N–H and O–H groups in total. The van der Waals surface area contributed by atoms with Crippen molar-refractivity contribution in [3.63, 3.8) is 0 Å². The fourth-order valence-corrected chi connectivity index (χ4v) is 2.77. The third-order valence-electron chi connectivity index (χ3n) is 2.80. The molecule has 2 aliphatic heterocycles. The minimum Gasteiger partial charge on any atom is -0.724 e. The van der Waals surface area contributed by atoms with E-state index in [0.717, 1.165) is 0 Å². The summed E-state index contributed by atoms with van der Waals surface area (Å²) in [5.41, 5.74) is 0. The topological polar surface area (TPSA) is 90.0 Å². The Bertz CT molecular complexity index is 405. The average Bonchev–Trinajstić information content (AvgIpc) is 2.43. The van der Waals surface area contributed by atoms with Gasteiger partial charge in [-0.2, -0.15) is 9.35 Å². The van der Waals surface area contributed by atoms with Gasteiger partial charge in [-0.1, -0.05) is 0 Å². The summed E-state index contributed by atoms with van der Waals surface area (Å²) in [6.45, 7) is 0.353. The number of carbonyl (C=O) groups excluding carboxylic acids is 1. The summed E-state index contributed by atoms with van der Waals surface area (Å²) in [6, 6.07) is -1.10. The third-order valence-corrected chi connectivity index (χ3v) is 3.50. The predicted molar refractivity (Wildman–Crippen MR) is 52.3 cm³/mol. The predicted octanol–water partition coefficient (Wildman–Crippen LogP) is -3.11. The molecular formula is C7H10ClN2NaO5S. The zero-order valence-corrected chi connectivity index (χ0v) is 12.8. The minimum atomic E-state index is -4.91. The van der Waals surface area contributed by atoms with Gasteiger partial charge in [0, 0.05) is 18.5 Å². The number of carbonyl (C=O) groups is 1. The van der Waals surface area contributed by atoms with Crippen LogP contribution in [-0.4, -0.2) is 53.5 Å². The van der Waals surface area contributed by atoms with Crippen LogP contribution in [0.15, 0.2) is 0 Å². The molecule has 0 aliphatic carbocycles. The van der Waals surface area contributed by atoms with Crippen LogP contribution in [0, 0.1) is 0 Å². The normalized spacial score (nSPS) is 28.2. The summed E-state index contributed by atoms with van der Waals surface area (Å²) in [7, 11) is -4.91. The van der Waals surface area contributed by atoms with Gasteiger partial charge in [0.05, 0.1) is 6.04 Å². The van der Waals surface area contributed by atoms with Gasteiger partial charge in [-0.25, -0.2) is 13.2 Å². The van der Waals surface area contributed by atoms with E-state index in [-0.39, 0.29) is 47.5 Å². The van der Waals surface area contributed by atoms with Gasteiger partial charge in [-0.05, 0) is 12.8 Å². The van der Waals surface area contributed by atoms with Crippen molar-refractivity contribution in [3.05, 3.63) is 0 Å². The summed E-state index contributed by atoms with van der Waals surface area (Å²) in [5.74, 6) is 0.288. The van der Waals surface area contributed by atoms with Crippen LogP contribution >= 0.6 is 11.6 Å². The molecule has 2 saturated heterocycles. The SMILES string of the molecule is O=C1N2C[C@@H](CC[C@H]2CCl)N1OS(=O)(=O)[O-].[Na+]. The van der Waals surface area contributed by atoms with E-state index in [0.29, 0.717) is 24.4 Å². The second-order valence-corrected chi connectivity index (χ2v) is 5.06. The van der Waals surface area contributed by atoms with Crippen LogP contribution in [0.25, 0.3) is 0 Å². The number of hydrogen-bond acceptors (Lipinski definition) is 5. The molecule has 0 aromatic heterocycles. The maximum absolute atomic E-state index is 11.7. The van der Waals surface area contributed by atoms with Crippen molar-refractivity contribution < 1.29 is 51.6 Å². The van der Waals surface area contributed by atoms with E-state index in [2.05, 4.69) is 4.28 Å². The molecule has 0 saturated carbocycles. The number of urea groups is 1. The maximum atomic E-state index is 11.7. The molecule has 17 heavy (non-hydrogen) atoms. The zero-order chi connectivity index (χ0) is 11.9. The molecule has 10 heteroatoms. The van der Waals surface area contributed by atoms with Crippen LogP contribution in [0.1, 0.15) is 12.8 Å². The zero-order valence-electron chi connectivity index (χ0n) is 9.21. The second-order valence-electron chi connectivity index (χ2n) is 3.78. The number of amides is 2. The fraction of sp³-hybridized carbons (Fsp3) is 0.857. The first-order chi connectivity index (χ1) is 7.42. The summed E-state index contributed by atoms with van der Waals surface area (Å²) in [5, 5.41) is 0.648. The van der Waals surface area contributed by atoms with Gasteiger partial charge < -0.3 is 9.45 Å². The molecule has 0 aromatic rings. The van der Waals surface area contributed by atoms with E-state index in [1.807, 2.05) is 0 Å². The van der Waals surface area contributed by atoms with Crippen molar-refractivity contribution in [2.75, 3.05) is 12.4 Å². The number of nitrogens with zero attached hydrogens (tertiary/aromatic N) is 2. The quantitative estimate of drug-likeness (QED) is 0.238. The number of alkyl halides is 1. The van der Waals surface area contributed by atoms with Crippen molar-refractivity contribution in [1.29, 1.82) is 0 Å². The number of rotatable bonds is 3. The number of hydrogen-bond donors (Lipinski definition) is 0. The average molecular weight is 293 g/mol. The van der Waals surface area contributed by atoms with Crippen LogP contribution in [0.4, 0.5) is 4.79 Å². The van der Waals surface area contributed by atoms with Gasteiger partial charge in [0.25, 0.3) is 0 Å². The molecule has 2 atom stereocenters. The first-order valence-corrected chi connectivity index (χ1v) is 6.60. The van der Waals surface area contributed by atoms with Crippen LogP contribution in [0.5, 0.6) is 0 Å². The Labute approximate surface area is 126 Å². The van der Waals surface area contributed by atoms with E-state index in [1.54, 1.807) is 0 Å². The van der Waals surface area contributed by atoms with Crippen molar-refractivity contribution in [2.24, 2.45) is 0 Å². The standard InChI is InChI=1S/C7H11ClN2O5S.Na/c8-3-5-1-2-6-4-9(5)7(11)10(6)15-16(12,13)14;/h5-6H,1-4H2,(H,12,13,14);/q;+1/p-1/t5-,6+;/m0./s1. The number of fused-ring (bicyclic) bond motifs is 2. The fourth-order valence-electron chi connectivity index (χ4n) is 2.07. The Morgan fingerprint density at radius 3 is 2.65 bits per heavy atom. The van der Waals surface area contributed by atoms with E-state index >= 15 is 0 Å². The van der Waals surface area contributed by atoms with Gasteiger partial charge in [0.1, 0.15) is 0 Å². The van der Waals surface area contributed by atoms with E-state index in [4.69, 9.17) is 11.6 Å². The second kappa shape index (κ2) is 5.60. The molecule has 0 aromatic carbocycles. The molecular weight excluding hydrogens is 283 g/mol. The van der Waals surface area contributed by atoms with Gasteiger partial charge >= 0.3 is 35.6 Å². The van der Waals surface area contributed by atoms with Crippen molar-refractivity contribution in [2.45, 2.75) is 24.9 Å². The Hall–Kier alpha value is 0.430. The molecule has 0 unspecified atom stereocenters. The summed E-state index contributed by atoms with van der Waals surface area (Å²) in [4.78, 5) is 13.1. The van der Waals surface area contributed by atoms with Gasteiger partial charge in [0.2, 0.25) is 10.4 Å². The number of hydroxylamine groups is 2. The molecule has 2 amide bonds. The molecule has 2 aliphatic rings. The van der Waals surface area contributed by atoms with Crippen LogP contribution in [-0.2, 0) is 14.7 Å². The number of piperidine rings is 1. The van der Waals surface area contributed by atoms with Gasteiger partial charge in [-0.15, -0.1) is 11.6 Å². The van der Waals surface area contributed by atoms with Crippen LogP contribution in [0.3, 0.4) is 0 Å². The number of halogens is 1. The smallest absolute Gasteiger partial charge is 0.724 e. The molecule has 92 valence electrons. The third kappa shape index (κ3) is 3.25. The van der Waals surface area contributed by atoms with E-state index in [1.165, 1.54) is 4.90 Å². The van der Waals surface area contributed by atoms with Crippen molar-refractivity contribution in [3.8, 4) is 0 Å². The molecule has 0 radical (unpaired) electrons. The monoisotopic (exact) mass is 292 g/mol. The van der Waals surface area contributed by atoms with Crippen molar-refractivity contribution in [1.82, 2.24) is 9.96 Å². The molecule has 2 bridgehead atoms. The van der Waals surface area contributed by atoms with Gasteiger partial charge in [-0.3, -0.25) is 0 Å². The molecule has 2 heterocycles. The Kier molecular flexibility index (Phi) is 5.10. The van der Waals surface area contributed by atoms with Crippen molar-refractivity contribution >= 4 is 28.0 Å². The molecule has 2 rings (SSSR count).